The minimum Gasteiger partial charge on any atom is -0.496 e. The third-order valence-corrected chi connectivity index (χ3v) is 3.72. The van der Waals surface area contributed by atoms with E-state index < -0.39 is 5.82 Å². The Morgan fingerprint density at radius 2 is 1.78 bits per heavy atom. The Kier molecular flexibility index (Phi) is 4.07. The molecule has 23 heavy (non-hydrogen) atoms. The SMILES string of the molecule is COc1ccc2ccccc2c1/C=C(\C#N)c1ccccc1F. The van der Waals surface area contributed by atoms with Crippen LogP contribution in [0.25, 0.3) is 22.4 Å². The third-order valence-electron chi connectivity index (χ3n) is 3.72. The molecule has 3 aromatic rings. The molecule has 2 nitrogen and oxygen atoms in total. The molecule has 0 N–H and O–H groups in total. The third kappa shape index (κ3) is 2.79. The number of fused-ring (bicyclic) bond motifs is 1. The molecule has 0 radical (unpaired) electrons. The highest BCUT2D eigenvalue weighted by Gasteiger charge is 2.11. The van der Waals surface area contributed by atoms with Crippen molar-refractivity contribution in [2.75, 3.05) is 7.11 Å². The Labute approximate surface area is 134 Å². The van der Waals surface area contributed by atoms with E-state index in [2.05, 4.69) is 6.07 Å². The number of hydrogen-bond donors (Lipinski definition) is 0. The topological polar surface area (TPSA) is 33.0 Å². The van der Waals surface area contributed by atoms with Gasteiger partial charge in [-0.15, -0.1) is 0 Å². The van der Waals surface area contributed by atoms with Crippen molar-refractivity contribution in [3.05, 3.63) is 77.6 Å². The number of ether oxygens (including phenoxy) is 1. The lowest BCUT2D eigenvalue weighted by atomic mass is 9.98. The van der Waals surface area contributed by atoms with Crippen LogP contribution in [0.1, 0.15) is 11.1 Å². The normalized spacial score (nSPS) is 11.3. The summed E-state index contributed by atoms with van der Waals surface area (Å²) in [4.78, 5) is 0. The van der Waals surface area contributed by atoms with Crippen molar-refractivity contribution in [3.8, 4) is 11.8 Å². The summed E-state index contributed by atoms with van der Waals surface area (Å²) < 4.78 is 19.4. The van der Waals surface area contributed by atoms with Gasteiger partial charge in [0.1, 0.15) is 11.6 Å². The van der Waals surface area contributed by atoms with Gasteiger partial charge in [0.15, 0.2) is 0 Å². The summed E-state index contributed by atoms with van der Waals surface area (Å²) in [6, 6.07) is 20.0. The van der Waals surface area contributed by atoms with Crippen molar-refractivity contribution in [1.29, 1.82) is 5.26 Å². The van der Waals surface area contributed by atoms with Crippen LogP contribution in [0.5, 0.6) is 5.75 Å². The largest absolute Gasteiger partial charge is 0.496 e. The lowest BCUT2D eigenvalue weighted by molar-refractivity contribution is 0.414. The fourth-order valence-corrected chi connectivity index (χ4v) is 2.60. The number of nitrogens with zero attached hydrogens (tertiary/aromatic N) is 1. The van der Waals surface area contributed by atoms with Gasteiger partial charge in [-0.3, -0.25) is 0 Å². The highest BCUT2D eigenvalue weighted by atomic mass is 19.1. The highest BCUT2D eigenvalue weighted by molar-refractivity contribution is 6.00. The Balaban J connectivity index is 2.27. The van der Waals surface area contributed by atoms with E-state index in [4.69, 9.17) is 4.74 Å². The van der Waals surface area contributed by atoms with Crippen LogP contribution in [0.15, 0.2) is 60.7 Å². The van der Waals surface area contributed by atoms with Crippen LogP contribution in [0.3, 0.4) is 0 Å². The molecule has 0 spiro atoms. The van der Waals surface area contributed by atoms with E-state index in [0.29, 0.717) is 5.75 Å². The fourth-order valence-electron chi connectivity index (χ4n) is 2.60. The van der Waals surface area contributed by atoms with E-state index >= 15 is 0 Å². The average molecular weight is 303 g/mol. The van der Waals surface area contributed by atoms with Gasteiger partial charge in [-0.25, -0.2) is 4.39 Å². The van der Waals surface area contributed by atoms with Gasteiger partial charge in [0.25, 0.3) is 0 Å². The van der Waals surface area contributed by atoms with Gasteiger partial charge in [0, 0.05) is 11.1 Å². The van der Waals surface area contributed by atoms with Crippen molar-refractivity contribution in [3.63, 3.8) is 0 Å². The zero-order valence-electron chi connectivity index (χ0n) is 12.6. The van der Waals surface area contributed by atoms with E-state index in [1.165, 1.54) is 6.07 Å². The van der Waals surface area contributed by atoms with Gasteiger partial charge in [-0.2, -0.15) is 5.26 Å². The van der Waals surface area contributed by atoms with Crippen molar-refractivity contribution < 1.29 is 9.13 Å². The fraction of sp³-hybridized carbons (Fsp3) is 0.0500. The smallest absolute Gasteiger partial charge is 0.131 e. The van der Waals surface area contributed by atoms with E-state index in [9.17, 15) is 9.65 Å². The molecule has 3 aromatic carbocycles. The molecular formula is C20H14FNO. The first kappa shape index (κ1) is 14.8. The van der Waals surface area contributed by atoms with Crippen LogP contribution < -0.4 is 4.74 Å². The first-order valence-electron chi connectivity index (χ1n) is 7.17. The molecule has 0 aliphatic carbocycles. The Hall–Kier alpha value is -3.12. The Morgan fingerprint density at radius 1 is 1.04 bits per heavy atom. The maximum Gasteiger partial charge on any atom is 0.131 e. The molecule has 0 aromatic heterocycles. The highest BCUT2D eigenvalue weighted by Crippen LogP contribution is 2.32. The summed E-state index contributed by atoms with van der Waals surface area (Å²) in [6.45, 7) is 0. The second-order valence-electron chi connectivity index (χ2n) is 5.05. The molecule has 0 aliphatic heterocycles. The predicted molar refractivity (Wildman–Crippen MR) is 90.4 cm³/mol. The van der Waals surface area contributed by atoms with E-state index in [1.807, 2.05) is 36.4 Å². The summed E-state index contributed by atoms with van der Waals surface area (Å²) in [7, 11) is 1.58. The zero-order valence-corrected chi connectivity index (χ0v) is 12.6. The van der Waals surface area contributed by atoms with Crippen LogP contribution in [0, 0.1) is 17.1 Å². The van der Waals surface area contributed by atoms with Crippen molar-refractivity contribution in [2.45, 2.75) is 0 Å². The van der Waals surface area contributed by atoms with Crippen LogP contribution in [-0.4, -0.2) is 7.11 Å². The van der Waals surface area contributed by atoms with Gasteiger partial charge in [-0.05, 0) is 29.0 Å². The molecule has 0 bridgehead atoms. The summed E-state index contributed by atoms with van der Waals surface area (Å²) in [6.07, 6.45) is 1.68. The number of allylic oxidation sites excluding steroid dienone is 1. The first-order valence-corrected chi connectivity index (χ1v) is 7.17. The summed E-state index contributed by atoms with van der Waals surface area (Å²) in [5.74, 6) is 0.229. The average Bonchev–Trinajstić information content (AvgIpc) is 2.60. The molecule has 3 heteroatoms. The lowest BCUT2D eigenvalue weighted by Crippen LogP contribution is -1.91. The monoisotopic (exact) mass is 303 g/mol. The molecule has 0 saturated heterocycles. The molecule has 0 aliphatic rings. The molecule has 0 fully saturated rings. The van der Waals surface area contributed by atoms with E-state index in [1.54, 1.807) is 31.4 Å². The molecule has 0 unspecified atom stereocenters. The van der Waals surface area contributed by atoms with Crippen molar-refractivity contribution in [1.82, 2.24) is 0 Å². The van der Waals surface area contributed by atoms with Gasteiger partial charge in [-0.1, -0.05) is 48.5 Å². The summed E-state index contributed by atoms with van der Waals surface area (Å²) >= 11 is 0. The molecule has 0 atom stereocenters. The Morgan fingerprint density at radius 3 is 2.52 bits per heavy atom. The lowest BCUT2D eigenvalue weighted by Gasteiger charge is -2.10. The predicted octanol–water partition coefficient (Wildman–Crippen LogP) is 5.05. The number of halogens is 1. The molecule has 3 rings (SSSR count). The zero-order chi connectivity index (χ0) is 16.2. The molecule has 0 heterocycles. The summed E-state index contributed by atoms with van der Waals surface area (Å²) in [5.41, 5.74) is 1.31. The minimum absolute atomic E-state index is 0.262. The van der Waals surface area contributed by atoms with Crippen LogP contribution in [0.4, 0.5) is 4.39 Å². The molecular weight excluding hydrogens is 289 g/mol. The number of methoxy groups -OCH3 is 1. The maximum atomic E-state index is 14.0. The maximum absolute atomic E-state index is 14.0. The molecule has 0 amide bonds. The van der Waals surface area contributed by atoms with E-state index in [0.717, 1.165) is 16.3 Å². The summed E-state index contributed by atoms with van der Waals surface area (Å²) in [5, 5.41) is 11.5. The minimum atomic E-state index is -0.417. The first-order chi connectivity index (χ1) is 11.2. The number of nitriles is 1. The molecule has 112 valence electrons. The number of rotatable bonds is 3. The standard InChI is InChI=1S/C20H14FNO/c1-23-20-11-10-14-6-2-3-7-16(14)18(20)12-15(13-22)17-8-4-5-9-19(17)21/h2-12H,1H3/b15-12+. The second kappa shape index (κ2) is 6.33. The Bertz CT molecular complexity index is 938. The number of hydrogen-bond acceptors (Lipinski definition) is 2. The van der Waals surface area contributed by atoms with Crippen molar-refractivity contribution in [2.24, 2.45) is 0 Å². The van der Waals surface area contributed by atoms with Crippen LogP contribution in [-0.2, 0) is 0 Å². The van der Waals surface area contributed by atoms with Gasteiger partial charge in [0.2, 0.25) is 0 Å². The number of benzene rings is 3. The van der Waals surface area contributed by atoms with Crippen LogP contribution >= 0.6 is 0 Å². The van der Waals surface area contributed by atoms with Crippen LogP contribution in [0.2, 0.25) is 0 Å². The van der Waals surface area contributed by atoms with Gasteiger partial charge >= 0.3 is 0 Å². The van der Waals surface area contributed by atoms with Gasteiger partial charge in [0.05, 0.1) is 18.8 Å². The van der Waals surface area contributed by atoms with E-state index in [-0.39, 0.29) is 11.1 Å². The van der Waals surface area contributed by atoms with Crippen molar-refractivity contribution >= 4 is 22.4 Å². The molecule has 0 saturated carbocycles. The second-order valence-corrected chi connectivity index (χ2v) is 5.05. The quantitative estimate of drug-likeness (QED) is 0.501. The van der Waals surface area contributed by atoms with Gasteiger partial charge < -0.3 is 4.74 Å².